The predicted molar refractivity (Wildman–Crippen MR) is 94.5 cm³/mol. The van der Waals surface area contributed by atoms with Gasteiger partial charge in [0.1, 0.15) is 5.75 Å². The van der Waals surface area contributed by atoms with Gasteiger partial charge in [0, 0.05) is 7.05 Å². The average molecular weight is 362 g/mol. The molecule has 0 aliphatic heterocycles. The smallest absolute Gasteiger partial charge is 0.419 e. The first kappa shape index (κ1) is 17.1. The van der Waals surface area contributed by atoms with Crippen LogP contribution in [0.4, 0.5) is 5.69 Å². The van der Waals surface area contributed by atoms with Crippen LogP contribution in [0.3, 0.4) is 0 Å². The zero-order chi connectivity index (χ0) is 18.2. The molecular formula is C17H18N2O5S. The molecule has 0 saturated carbocycles. The van der Waals surface area contributed by atoms with Gasteiger partial charge in [-0.2, -0.15) is 0 Å². The van der Waals surface area contributed by atoms with Crippen molar-refractivity contribution >= 4 is 26.8 Å². The number of oxazole rings is 1. The van der Waals surface area contributed by atoms with E-state index in [1.807, 2.05) is 13.8 Å². The first-order valence-corrected chi connectivity index (χ1v) is 9.14. The number of hydrogen-bond donors (Lipinski definition) is 1. The van der Waals surface area contributed by atoms with Crippen molar-refractivity contribution in [2.45, 2.75) is 24.8 Å². The number of hydrogen-bond acceptors (Lipinski definition) is 5. The predicted octanol–water partition coefficient (Wildman–Crippen LogP) is 2.72. The molecule has 1 aromatic heterocycles. The molecule has 0 unspecified atom stereocenters. The van der Waals surface area contributed by atoms with Gasteiger partial charge in [0.15, 0.2) is 5.58 Å². The summed E-state index contributed by atoms with van der Waals surface area (Å²) in [4.78, 5) is 11.6. The molecule has 3 aromatic rings. The molecule has 0 fully saturated rings. The summed E-state index contributed by atoms with van der Waals surface area (Å²) >= 11 is 0. The molecule has 0 saturated heterocycles. The van der Waals surface area contributed by atoms with E-state index in [-0.39, 0.29) is 11.0 Å². The molecule has 25 heavy (non-hydrogen) atoms. The zero-order valence-corrected chi connectivity index (χ0v) is 14.8. The Morgan fingerprint density at radius 3 is 2.44 bits per heavy atom. The molecule has 132 valence electrons. The van der Waals surface area contributed by atoms with E-state index in [0.717, 1.165) is 0 Å². The molecule has 0 radical (unpaired) electrons. The lowest BCUT2D eigenvalue weighted by atomic mass is 10.3. The van der Waals surface area contributed by atoms with E-state index in [9.17, 15) is 13.2 Å². The normalized spacial score (nSPS) is 11.8. The Morgan fingerprint density at radius 1 is 1.12 bits per heavy atom. The molecular weight excluding hydrogens is 344 g/mol. The van der Waals surface area contributed by atoms with Gasteiger partial charge >= 0.3 is 5.76 Å². The number of sulfonamides is 1. The number of fused-ring (bicyclic) bond motifs is 1. The number of aryl methyl sites for hydroxylation is 1. The Kier molecular flexibility index (Phi) is 4.30. The van der Waals surface area contributed by atoms with Crippen molar-refractivity contribution in [1.82, 2.24) is 4.57 Å². The minimum atomic E-state index is -3.76. The molecule has 1 heterocycles. The van der Waals surface area contributed by atoms with Crippen molar-refractivity contribution in [1.29, 1.82) is 0 Å². The summed E-state index contributed by atoms with van der Waals surface area (Å²) in [7, 11) is -2.20. The molecule has 2 aromatic carbocycles. The second-order valence-electron chi connectivity index (χ2n) is 5.85. The van der Waals surface area contributed by atoms with E-state index < -0.39 is 15.8 Å². The minimum absolute atomic E-state index is 0.00825. The maximum Gasteiger partial charge on any atom is 0.419 e. The SMILES string of the molecule is CC(C)Oc1ccc(S(=O)(=O)Nc2ccc3oc(=O)n(C)c3c2)cc1. The summed E-state index contributed by atoms with van der Waals surface area (Å²) in [6, 6.07) is 10.8. The van der Waals surface area contributed by atoms with E-state index in [1.54, 1.807) is 37.4 Å². The van der Waals surface area contributed by atoms with Crippen molar-refractivity contribution in [2.24, 2.45) is 7.05 Å². The van der Waals surface area contributed by atoms with Crippen LogP contribution in [-0.2, 0) is 17.1 Å². The van der Waals surface area contributed by atoms with Crippen LogP contribution in [0.15, 0.2) is 56.6 Å². The van der Waals surface area contributed by atoms with E-state index in [1.165, 1.54) is 16.7 Å². The number of aromatic nitrogens is 1. The van der Waals surface area contributed by atoms with Crippen LogP contribution >= 0.6 is 0 Å². The van der Waals surface area contributed by atoms with Crippen molar-refractivity contribution in [3.8, 4) is 5.75 Å². The Balaban J connectivity index is 1.88. The maximum absolute atomic E-state index is 12.5. The second-order valence-corrected chi connectivity index (χ2v) is 7.54. The fourth-order valence-electron chi connectivity index (χ4n) is 2.37. The van der Waals surface area contributed by atoms with Gasteiger partial charge in [-0.05, 0) is 56.3 Å². The first-order valence-electron chi connectivity index (χ1n) is 7.65. The largest absolute Gasteiger partial charge is 0.491 e. The molecule has 0 atom stereocenters. The van der Waals surface area contributed by atoms with E-state index in [4.69, 9.17) is 9.15 Å². The van der Waals surface area contributed by atoms with Gasteiger partial charge in [-0.3, -0.25) is 9.29 Å². The molecule has 3 rings (SSSR count). The van der Waals surface area contributed by atoms with Gasteiger partial charge in [0.25, 0.3) is 10.0 Å². The lowest BCUT2D eigenvalue weighted by Crippen LogP contribution is -2.13. The number of nitrogens with zero attached hydrogens (tertiary/aromatic N) is 1. The standard InChI is InChI=1S/C17H18N2O5S/c1-11(2)23-13-5-7-14(8-6-13)25(21,22)18-12-4-9-16-15(10-12)19(3)17(20)24-16/h4-11,18H,1-3H3. The number of ether oxygens (including phenoxy) is 1. The van der Waals surface area contributed by atoms with Crippen LogP contribution < -0.4 is 15.2 Å². The Bertz CT molecular complexity index is 1060. The van der Waals surface area contributed by atoms with Gasteiger partial charge in [0.05, 0.1) is 22.2 Å². The second kappa shape index (κ2) is 6.29. The van der Waals surface area contributed by atoms with Gasteiger partial charge in [-0.15, -0.1) is 0 Å². The monoisotopic (exact) mass is 362 g/mol. The molecule has 1 N–H and O–H groups in total. The fourth-order valence-corrected chi connectivity index (χ4v) is 3.42. The summed E-state index contributed by atoms with van der Waals surface area (Å²) in [5.41, 5.74) is 1.24. The highest BCUT2D eigenvalue weighted by Gasteiger charge is 2.16. The van der Waals surface area contributed by atoms with Crippen LogP contribution in [-0.4, -0.2) is 19.1 Å². The average Bonchev–Trinajstić information content (AvgIpc) is 2.82. The lowest BCUT2D eigenvalue weighted by Gasteiger charge is -2.11. The summed E-state index contributed by atoms with van der Waals surface area (Å²) < 4.78 is 39.4. The van der Waals surface area contributed by atoms with Gasteiger partial charge in [-0.1, -0.05) is 0 Å². The van der Waals surface area contributed by atoms with Gasteiger partial charge in [-0.25, -0.2) is 13.2 Å². The zero-order valence-electron chi connectivity index (χ0n) is 14.0. The summed E-state index contributed by atoms with van der Waals surface area (Å²) in [6.07, 6.45) is 0.00825. The van der Waals surface area contributed by atoms with Crippen LogP contribution in [0, 0.1) is 0 Å². The molecule has 7 nitrogen and oxygen atoms in total. The molecule has 0 aliphatic carbocycles. The number of nitrogens with one attached hydrogen (secondary N) is 1. The maximum atomic E-state index is 12.5. The third-order valence-electron chi connectivity index (χ3n) is 3.55. The van der Waals surface area contributed by atoms with E-state index >= 15 is 0 Å². The molecule has 0 aliphatic rings. The van der Waals surface area contributed by atoms with Crippen molar-refractivity contribution < 1.29 is 17.6 Å². The quantitative estimate of drug-likeness (QED) is 0.754. The number of anilines is 1. The molecule has 0 bridgehead atoms. The third-order valence-corrected chi connectivity index (χ3v) is 4.95. The van der Waals surface area contributed by atoms with E-state index in [0.29, 0.717) is 22.5 Å². The lowest BCUT2D eigenvalue weighted by molar-refractivity contribution is 0.242. The molecule has 0 spiro atoms. The Labute approximate surface area is 144 Å². The first-order chi connectivity index (χ1) is 11.8. The van der Waals surface area contributed by atoms with Crippen LogP contribution in [0.25, 0.3) is 11.1 Å². The van der Waals surface area contributed by atoms with Crippen molar-refractivity contribution in [3.63, 3.8) is 0 Å². The number of benzene rings is 2. The van der Waals surface area contributed by atoms with Crippen LogP contribution in [0.1, 0.15) is 13.8 Å². The highest BCUT2D eigenvalue weighted by molar-refractivity contribution is 7.92. The van der Waals surface area contributed by atoms with Crippen LogP contribution in [0.2, 0.25) is 0 Å². The highest BCUT2D eigenvalue weighted by Crippen LogP contribution is 2.22. The topological polar surface area (TPSA) is 90.5 Å². The third kappa shape index (κ3) is 3.53. The fraction of sp³-hybridized carbons (Fsp3) is 0.235. The Morgan fingerprint density at radius 2 is 1.80 bits per heavy atom. The van der Waals surface area contributed by atoms with Crippen LogP contribution in [0.5, 0.6) is 5.75 Å². The van der Waals surface area contributed by atoms with Crippen molar-refractivity contribution in [3.05, 3.63) is 53.0 Å². The van der Waals surface area contributed by atoms with Crippen molar-refractivity contribution in [2.75, 3.05) is 4.72 Å². The highest BCUT2D eigenvalue weighted by atomic mass is 32.2. The molecule has 0 amide bonds. The summed E-state index contributed by atoms with van der Waals surface area (Å²) in [5.74, 6) is 0.0968. The van der Waals surface area contributed by atoms with Gasteiger partial charge in [0.2, 0.25) is 0 Å². The molecule has 8 heteroatoms. The summed E-state index contributed by atoms with van der Waals surface area (Å²) in [5, 5.41) is 0. The minimum Gasteiger partial charge on any atom is -0.491 e. The van der Waals surface area contributed by atoms with Gasteiger partial charge < -0.3 is 9.15 Å². The number of rotatable bonds is 5. The summed E-state index contributed by atoms with van der Waals surface area (Å²) in [6.45, 7) is 3.79. The Hall–Kier alpha value is -2.74. The van der Waals surface area contributed by atoms with E-state index in [2.05, 4.69) is 4.72 Å².